The van der Waals surface area contributed by atoms with Crippen LogP contribution in [0.3, 0.4) is 0 Å². The molecule has 0 bridgehead atoms. The summed E-state index contributed by atoms with van der Waals surface area (Å²) in [6.45, 7) is 6.15. The van der Waals surface area contributed by atoms with Gasteiger partial charge in [0, 0.05) is 6.54 Å². The predicted octanol–water partition coefficient (Wildman–Crippen LogP) is 1.83. The lowest BCUT2D eigenvalue weighted by Crippen LogP contribution is -2.39. The minimum absolute atomic E-state index is 0.159. The molecule has 2 amide bonds. The Kier molecular flexibility index (Phi) is 5.69. The number of fused-ring (bicyclic) bond motifs is 1. The third-order valence-corrected chi connectivity index (χ3v) is 4.75. The number of para-hydroxylation sites is 1. The molecule has 2 atom stereocenters. The molecule has 0 saturated carbocycles. The van der Waals surface area contributed by atoms with Gasteiger partial charge in [0.1, 0.15) is 5.75 Å². The van der Waals surface area contributed by atoms with E-state index < -0.39 is 6.10 Å². The zero-order valence-electron chi connectivity index (χ0n) is 15.9. The molecule has 2 aromatic rings. The minimum Gasteiger partial charge on any atom is -0.481 e. The number of hydrogen-bond donors (Lipinski definition) is 1. The number of benzene rings is 2. The summed E-state index contributed by atoms with van der Waals surface area (Å²) in [5, 5.41) is 4.55. The largest absolute Gasteiger partial charge is 0.481 e. The normalized spacial score (nSPS) is 16.6. The Labute approximate surface area is 158 Å². The Morgan fingerprint density at radius 3 is 2.63 bits per heavy atom. The second-order valence-corrected chi connectivity index (χ2v) is 6.87. The highest BCUT2D eigenvalue weighted by Gasteiger charge is 2.20. The van der Waals surface area contributed by atoms with Crippen LogP contribution < -0.4 is 20.6 Å². The van der Waals surface area contributed by atoms with Gasteiger partial charge in [-0.05, 0) is 67.8 Å². The van der Waals surface area contributed by atoms with Crippen LogP contribution in [0.2, 0.25) is 0 Å². The fourth-order valence-corrected chi connectivity index (χ4v) is 3.00. The van der Waals surface area contributed by atoms with E-state index in [0.29, 0.717) is 18.7 Å². The molecule has 1 aliphatic rings. The highest BCUT2D eigenvalue weighted by molar-refractivity contribution is 5.86. The number of nitrogens with one attached hydrogen (secondary N) is 1. The second-order valence-electron chi connectivity index (χ2n) is 6.87. The average Bonchev–Trinajstić information content (AvgIpc) is 2.64. The van der Waals surface area contributed by atoms with Crippen molar-refractivity contribution < 1.29 is 14.3 Å². The van der Waals surface area contributed by atoms with Crippen molar-refractivity contribution in [2.24, 2.45) is 10.9 Å². The molecule has 0 spiro atoms. The van der Waals surface area contributed by atoms with E-state index in [4.69, 9.17) is 4.74 Å². The quantitative estimate of drug-likeness (QED) is 0.850. The van der Waals surface area contributed by atoms with Crippen molar-refractivity contribution in [1.29, 1.82) is 0 Å². The summed E-state index contributed by atoms with van der Waals surface area (Å²) >= 11 is 0. The van der Waals surface area contributed by atoms with Gasteiger partial charge in [0.05, 0.1) is 11.3 Å². The maximum absolute atomic E-state index is 12.3. The summed E-state index contributed by atoms with van der Waals surface area (Å²) < 4.78 is 5.61. The number of carbonyl (C=O) groups is 2. The van der Waals surface area contributed by atoms with Crippen molar-refractivity contribution in [3.05, 3.63) is 64.2 Å². The van der Waals surface area contributed by atoms with Gasteiger partial charge < -0.3 is 10.1 Å². The topological polar surface area (TPSA) is 67.8 Å². The van der Waals surface area contributed by atoms with Gasteiger partial charge in [0.2, 0.25) is 0 Å². The molecule has 5 nitrogen and oxygen atoms in total. The smallest absolute Gasteiger partial charge is 0.260 e. The number of amides is 2. The minimum atomic E-state index is -0.602. The van der Waals surface area contributed by atoms with Crippen LogP contribution in [-0.2, 0) is 9.59 Å². The highest BCUT2D eigenvalue weighted by Crippen LogP contribution is 2.12. The first kappa shape index (κ1) is 18.8. The maximum Gasteiger partial charge on any atom is 0.260 e. The van der Waals surface area contributed by atoms with Crippen LogP contribution in [0.25, 0.3) is 6.08 Å². The molecular formula is C22H24N2O3. The molecule has 0 radical (unpaired) electrons. The SMILES string of the molecule is Cc1cc2c(cc1C)=NC(=O)C(CCNC(=O)C(C)Oc1ccccc1)C=2. The van der Waals surface area contributed by atoms with E-state index in [1.54, 1.807) is 6.92 Å². The van der Waals surface area contributed by atoms with E-state index in [1.165, 1.54) is 5.56 Å². The summed E-state index contributed by atoms with van der Waals surface area (Å²) in [6, 6.07) is 13.2. The summed E-state index contributed by atoms with van der Waals surface area (Å²) in [7, 11) is 0. The van der Waals surface area contributed by atoms with Crippen molar-refractivity contribution in [3.8, 4) is 5.75 Å². The third kappa shape index (κ3) is 4.61. The summed E-state index contributed by atoms with van der Waals surface area (Å²) in [4.78, 5) is 28.7. The van der Waals surface area contributed by atoms with Gasteiger partial charge in [-0.2, -0.15) is 0 Å². The van der Waals surface area contributed by atoms with Gasteiger partial charge in [-0.25, -0.2) is 4.99 Å². The van der Waals surface area contributed by atoms with Crippen LogP contribution in [0.5, 0.6) is 5.75 Å². The number of nitrogens with zero attached hydrogens (tertiary/aromatic N) is 1. The first-order valence-electron chi connectivity index (χ1n) is 9.15. The van der Waals surface area contributed by atoms with E-state index in [-0.39, 0.29) is 17.7 Å². The molecule has 0 aromatic heterocycles. The van der Waals surface area contributed by atoms with E-state index in [9.17, 15) is 9.59 Å². The summed E-state index contributed by atoms with van der Waals surface area (Å²) in [6.07, 6.45) is 1.86. The highest BCUT2D eigenvalue weighted by atomic mass is 16.5. The first-order chi connectivity index (χ1) is 12.9. The Hall–Kier alpha value is -2.95. The van der Waals surface area contributed by atoms with Crippen molar-refractivity contribution >= 4 is 17.9 Å². The molecule has 2 aromatic carbocycles. The lowest BCUT2D eigenvalue weighted by Gasteiger charge is -2.16. The molecule has 140 valence electrons. The molecule has 2 unspecified atom stereocenters. The van der Waals surface area contributed by atoms with Gasteiger partial charge in [0.15, 0.2) is 6.10 Å². The van der Waals surface area contributed by atoms with E-state index in [2.05, 4.69) is 16.4 Å². The Bertz CT molecular complexity index is 967. The Balaban J connectivity index is 1.57. The van der Waals surface area contributed by atoms with Crippen LogP contribution >= 0.6 is 0 Å². The molecular weight excluding hydrogens is 340 g/mol. The molecule has 1 heterocycles. The third-order valence-electron chi connectivity index (χ3n) is 4.75. The van der Waals surface area contributed by atoms with Crippen molar-refractivity contribution in [3.63, 3.8) is 0 Å². The Morgan fingerprint density at radius 1 is 1.19 bits per heavy atom. The van der Waals surface area contributed by atoms with E-state index in [0.717, 1.165) is 16.1 Å². The van der Waals surface area contributed by atoms with Crippen molar-refractivity contribution in [1.82, 2.24) is 5.32 Å². The number of carbonyl (C=O) groups excluding carboxylic acids is 2. The van der Waals surface area contributed by atoms with Gasteiger partial charge in [-0.3, -0.25) is 9.59 Å². The lowest BCUT2D eigenvalue weighted by molar-refractivity contribution is -0.127. The first-order valence-corrected chi connectivity index (χ1v) is 9.15. The van der Waals surface area contributed by atoms with Crippen LogP contribution in [0, 0.1) is 19.8 Å². The van der Waals surface area contributed by atoms with Crippen LogP contribution in [0.4, 0.5) is 0 Å². The van der Waals surface area contributed by atoms with Crippen molar-refractivity contribution in [2.75, 3.05) is 6.54 Å². The van der Waals surface area contributed by atoms with Gasteiger partial charge in [0.25, 0.3) is 11.8 Å². The van der Waals surface area contributed by atoms with E-state index >= 15 is 0 Å². The fourth-order valence-electron chi connectivity index (χ4n) is 3.00. The summed E-state index contributed by atoms with van der Waals surface area (Å²) in [5.41, 5.74) is 2.30. The Morgan fingerprint density at radius 2 is 1.89 bits per heavy atom. The molecule has 5 heteroatoms. The standard InChI is InChI=1S/C22H24N2O3/c1-14-11-18-13-17(22(26)24-20(18)12-15(14)2)9-10-23-21(25)16(3)27-19-7-5-4-6-8-19/h4-8,11-13,16-17H,9-10H2,1-3H3,(H,23,25). The molecule has 0 saturated heterocycles. The van der Waals surface area contributed by atoms with Crippen molar-refractivity contribution in [2.45, 2.75) is 33.3 Å². The van der Waals surface area contributed by atoms with Gasteiger partial charge in [-0.15, -0.1) is 0 Å². The van der Waals surface area contributed by atoms with E-state index in [1.807, 2.05) is 56.3 Å². The summed E-state index contributed by atoms with van der Waals surface area (Å²) in [5.74, 6) is -0.0261. The second kappa shape index (κ2) is 8.16. The monoisotopic (exact) mass is 364 g/mol. The van der Waals surface area contributed by atoms with Gasteiger partial charge >= 0.3 is 0 Å². The molecule has 0 aliphatic carbocycles. The number of aryl methyl sites for hydroxylation is 2. The zero-order valence-corrected chi connectivity index (χ0v) is 15.9. The fraction of sp³-hybridized carbons (Fsp3) is 0.318. The molecule has 3 rings (SSSR count). The molecule has 1 aliphatic heterocycles. The van der Waals surface area contributed by atoms with Gasteiger partial charge in [-0.1, -0.05) is 24.3 Å². The van der Waals surface area contributed by atoms with Crippen LogP contribution in [-0.4, -0.2) is 24.5 Å². The average molecular weight is 364 g/mol. The number of rotatable bonds is 6. The molecule has 27 heavy (non-hydrogen) atoms. The molecule has 1 N–H and O–H groups in total. The zero-order chi connectivity index (χ0) is 19.4. The predicted molar refractivity (Wildman–Crippen MR) is 104 cm³/mol. The lowest BCUT2D eigenvalue weighted by atomic mass is 9.98. The maximum atomic E-state index is 12.3. The molecule has 0 fully saturated rings. The van der Waals surface area contributed by atoms with Crippen LogP contribution in [0.1, 0.15) is 24.5 Å². The number of hydrogen-bond acceptors (Lipinski definition) is 3. The number of ether oxygens (including phenoxy) is 1. The van der Waals surface area contributed by atoms with Crippen LogP contribution in [0.15, 0.2) is 47.5 Å².